The number of nitrogens with one attached hydrogen (secondary N) is 1. The van der Waals surface area contributed by atoms with E-state index in [4.69, 9.17) is 10.5 Å². The molecule has 0 amide bonds. The molecule has 0 radical (unpaired) electrons. The third-order valence-electron chi connectivity index (χ3n) is 5.02. The number of H-pyrrole nitrogens is 1. The minimum atomic E-state index is 0.671. The molecular weight excluding hydrogens is 358 g/mol. The Morgan fingerprint density at radius 2 is 1.72 bits per heavy atom. The first-order valence-corrected chi connectivity index (χ1v) is 9.86. The maximum atomic E-state index is 9.31. The Balaban J connectivity index is 1.75. The van der Waals surface area contributed by atoms with Gasteiger partial charge in [-0.05, 0) is 73.8 Å². The van der Waals surface area contributed by atoms with E-state index in [0.29, 0.717) is 12.1 Å². The predicted octanol–water partition coefficient (Wildman–Crippen LogP) is 5.78. The summed E-state index contributed by atoms with van der Waals surface area (Å²) >= 11 is 0. The highest BCUT2D eigenvalue weighted by molar-refractivity contribution is 5.91. The zero-order valence-electron chi connectivity index (χ0n) is 16.2. The van der Waals surface area contributed by atoms with Crippen LogP contribution in [0, 0.1) is 11.3 Å². The molecule has 0 aliphatic rings. The molecule has 0 spiro atoms. The highest BCUT2D eigenvalue weighted by Gasteiger charge is 2.14. The summed E-state index contributed by atoms with van der Waals surface area (Å²) in [6.07, 6.45) is 2.89. The van der Waals surface area contributed by atoms with Crippen molar-refractivity contribution in [1.29, 1.82) is 5.26 Å². The van der Waals surface area contributed by atoms with Gasteiger partial charge < -0.3 is 15.5 Å². The predicted molar refractivity (Wildman–Crippen MR) is 117 cm³/mol. The van der Waals surface area contributed by atoms with Crippen LogP contribution in [-0.2, 0) is 6.42 Å². The number of aryl methyl sites for hydroxylation is 1. The number of benzene rings is 3. The molecule has 0 saturated carbocycles. The highest BCUT2D eigenvalue weighted by Crippen LogP contribution is 2.34. The first-order valence-electron chi connectivity index (χ1n) is 9.86. The lowest BCUT2D eigenvalue weighted by atomic mass is 9.99. The monoisotopic (exact) mass is 381 g/mol. The normalized spacial score (nSPS) is 10.8. The molecule has 4 nitrogen and oxygen atoms in total. The van der Waals surface area contributed by atoms with Gasteiger partial charge >= 0.3 is 0 Å². The van der Waals surface area contributed by atoms with Crippen LogP contribution in [0.4, 0.5) is 0 Å². The fourth-order valence-electron chi connectivity index (χ4n) is 3.61. The second kappa shape index (κ2) is 8.64. The number of rotatable bonds is 7. The van der Waals surface area contributed by atoms with Gasteiger partial charge in [-0.25, -0.2) is 0 Å². The summed E-state index contributed by atoms with van der Waals surface area (Å²) in [4.78, 5) is 3.55. The molecule has 0 saturated heterocycles. The van der Waals surface area contributed by atoms with E-state index in [-0.39, 0.29) is 0 Å². The Labute approximate surface area is 170 Å². The third-order valence-corrected chi connectivity index (χ3v) is 5.02. The molecular formula is C25H23N3O. The summed E-state index contributed by atoms with van der Waals surface area (Å²) in [7, 11) is 0. The van der Waals surface area contributed by atoms with Gasteiger partial charge in [0, 0.05) is 22.2 Å². The van der Waals surface area contributed by atoms with Crippen molar-refractivity contribution in [2.45, 2.75) is 19.3 Å². The Hall–Kier alpha value is -3.55. The van der Waals surface area contributed by atoms with E-state index in [0.717, 1.165) is 52.9 Å². The fraction of sp³-hybridized carbons (Fsp3) is 0.160. The van der Waals surface area contributed by atoms with Crippen LogP contribution in [0.1, 0.15) is 24.0 Å². The van der Waals surface area contributed by atoms with Crippen molar-refractivity contribution in [1.82, 2.24) is 4.98 Å². The lowest BCUT2D eigenvalue weighted by Gasteiger charge is -2.09. The lowest BCUT2D eigenvalue weighted by molar-refractivity contribution is 0.483. The number of ether oxygens (including phenoxy) is 1. The maximum Gasteiger partial charge on any atom is 0.128 e. The van der Waals surface area contributed by atoms with Gasteiger partial charge in [0.15, 0.2) is 0 Å². The van der Waals surface area contributed by atoms with Crippen LogP contribution in [-0.4, -0.2) is 11.5 Å². The van der Waals surface area contributed by atoms with Crippen LogP contribution < -0.4 is 10.5 Å². The Bertz CT molecular complexity index is 1160. The lowest BCUT2D eigenvalue weighted by Crippen LogP contribution is -1.99. The van der Waals surface area contributed by atoms with E-state index in [1.165, 1.54) is 5.56 Å². The van der Waals surface area contributed by atoms with Crippen molar-refractivity contribution in [2.24, 2.45) is 5.73 Å². The van der Waals surface area contributed by atoms with Gasteiger partial charge in [-0.15, -0.1) is 0 Å². The molecule has 29 heavy (non-hydrogen) atoms. The first-order chi connectivity index (χ1) is 14.3. The number of hydrogen-bond donors (Lipinski definition) is 2. The summed E-state index contributed by atoms with van der Waals surface area (Å²) in [6, 6.07) is 25.9. The molecule has 3 aromatic carbocycles. The molecule has 4 aromatic rings. The quantitative estimate of drug-likeness (QED) is 0.398. The molecule has 0 fully saturated rings. The number of aromatic amines is 1. The zero-order valence-corrected chi connectivity index (χ0v) is 16.2. The highest BCUT2D eigenvalue weighted by atomic mass is 16.5. The van der Waals surface area contributed by atoms with Crippen LogP contribution in [0.15, 0.2) is 72.8 Å². The number of nitrogens with two attached hydrogens (primary N) is 1. The van der Waals surface area contributed by atoms with Crippen molar-refractivity contribution in [3.63, 3.8) is 0 Å². The van der Waals surface area contributed by atoms with Crippen LogP contribution in [0.25, 0.3) is 22.2 Å². The van der Waals surface area contributed by atoms with Crippen LogP contribution in [0.2, 0.25) is 0 Å². The number of nitrogens with zero attached hydrogens (tertiary/aromatic N) is 1. The molecule has 1 heterocycles. The standard InChI is InChI=1S/C25H23N3O/c26-14-5-4-11-22-23-15-18(17-27)12-13-24(23)28-25(22)19-7-6-10-21(16-19)29-20-8-2-1-3-9-20/h1-3,6-10,12-13,15-16,28H,4-5,11,14,26H2. The molecule has 0 aliphatic carbocycles. The van der Waals surface area contributed by atoms with Gasteiger partial charge in [-0.1, -0.05) is 30.3 Å². The Morgan fingerprint density at radius 3 is 2.52 bits per heavy atom. The smallest absolute Gasteiger partial charge is 0.128 e. The third kappa shape index (κ3) is 4.16. The van der Waals surface area contributed by atoms with Crippen molar-refractivity contribution >= 4 is 10.9 Å². The summed E-state index contributed by atoms with van der Waals surface area (Å²) < 4.78 is 6.02. The number of nitriles is 1. The Morgan fingerprint density at radius 1 is 0.897 bits per heavy atom. The average Bonchev–Trinajstić information content (AvgIpc) is 3.12. The molecule has 144 valence electrons. The fourth-order valence-corrected chi connectivity index (χ4v) is 3.61. The maximum absolute atomic E-state index is 9.31. The number of aromatic nitrogens is 1. The number of fused-ring (bicyclic) bond motifs is 1. The van der Waals surface area contributed by atoms with Crippen molar-refractivity contribution in [3.8, 4) is 28.8 Å². The van der Waals surface area contributed by atoms with Crippen LogP contribution in [0.3, 0.4) is 0 Å². The van der Waals surface area contributed by atoms with E-state index < -0.39 is 0 Å². The van der Waals surface area contributed by atoms with E-state index in [9.17, 15) is 5.26 Å². The Kier molecular flexibility index (Phi) is 5.60. The van der Waals surface area contributed by atoms with Gasteiger partial charge in [-0.3, -0.25) is 0 Å². The summed E-state index contributed by atoms with van der Waals surface area (Å²) in [5.41, 5.74) is 10.8. The van der Waals surface area contributed by atoms with Gasteiger partial charge in [0.05, 0.1) is 11.6 Å². The summed E-state index contributed by atoms with van der Waals surface area (Å²) in [6.45, 7) is 0.682. The van der Waals surface area contributed by atoms with Crippen molar-refractivity contribution in [2.75, 3.05) is 6.54 Å². The van der Waals surface area contributed by atoms with E-state index in [1.54, 1.807) is 0 Å². The summed E-state index contributed by atoms with van der Waals surface area (Å²) in [5.74, 6) is 1.60. The molecule has 3 N–H and O–H groups in total. The van der Waals surface area contributed by atoms with Crippen molar-refractivity contribution in [3.05, 3.63) is 83.9 Å². The molecule has 0 unspecified atom stereocenters. The largest absolute Gasteiger partial charge is 0.457 e. The van der Waals surface area contributed by atoms with E-state index in [2.05, 4.69) is 23.2 Å². The minimum absolute atomic E-state index is 0.671. The average molecular weight is 381 g/mol. The van der Waals surface area contributed by atoms with Gasteiger partial charge in [0.25, 0.3) is 0 Å². The van der Waals surface area contributed by atoms with Gasteiger partial charge in [0.1, 0.15) is 11.5 Å². The molecule has 0 atom stereocenters. The zero-order chi connectivity index (χ0) is 20.1. The van der Waals surface area contributed by atoms with Gasteiger partial charge in [0.2, 0.25) is 0 Å². The van der Waals surface area contributed by atoms with Crippen molar-refractivity contribution < 1.29 is 4.74 Å². The number of hydrogen-bond acceptors (Lipinski definition) is 3. The SMILES string of the molecule is N#Cc1ccc2[nH]c(-c3cccc(Oc4ccccc4)c3)c(CCCCN)c2c1. The first kappa shape index (κ1) is 18.8. The van der Waals surface area contributed by atoms with Gasteiger partial charge in [-0.2, -0.15) is 5.26 Å². The molecule has 0 aliphatic heterocycles. The number of para-hydroxylation sites is 1. The van der Waals surface area contributed by atoms with E-state index in [1.807, 2.05) is 60.7 Å². The molecule has 4 heteroatoms. The second-order valence-corrected chi connectivity index (χ2v) is 7.04. The molecule has 1 aromatic heterocycles. The molecule has 4 rings (SSSR count). The van der Waals surface area contributed by atoms with Crippen LogP contribution >= 0.6 is 0 Å². The van der Waals surface area contributed by atoms with E-state index >= 15 is 0 Å². The topological polar surface area (TPSA) is 74.8 Å². The van der Waals surface area contributed by atoms with Crippen LogP contribution in [0.5, 0.6) is 11.5 Å². The summed E-state index contributed by atoms with van der Waals surface area (Å²) in [5, 5.41) is 10.4. The second-order valence-electron chi connectivity index (χ2n) is 7.04. The number of unbranched alkanes of at least 4 members (excludes halogenated alkanes) is 1. The molecule has 0 bridgehead atoms. The minimum Gasteiger partial charge on any atom is -0.457 e.